The molecular formula is C12H8Br2Mg. The van der Waals surface area contributed by atoms with Gasteiger partial charge in [-0.25, -0.2) is 0 Å². The van der Waals surface area contributed by atoms with Crippen LogP contribution in [0.2, 0.25) is 0 Å². The smallest absolute Gasteiger partial charge is 1.00 e. The van der Waals surface area contributed by atoms with Crippen LogP contribution in [0.4, 0.5) is 0 Å². The second-order valence-electron chi connectivity index (χ2n) is 2.77. The Bertz CT molecular complexity index is 401. The van der Waals surface area contributed by atoms with Gasteiger partial charge in [-0.3, -0.25) is 0 Å². The molecule has 0 heterocycles. The molecule has 0 amide bonds. The Kier molecular flexibility index (Phi) is 7.52. The molecule has 72 valence electrons. The van der Waals surface area contributed by atoms with Crippen LogP contribution in [0.25, 0.3) is 11.1 Å². The van der Waals surface area contributed by atoms with E-state index in [4.69, 9.17) is 0 Å². The van der Waals surface area contributed by atoms with Gasteiger partial charge in [-0.05, 0) is 11.6 Å². The van der Waals surface area contributed by atoms with E-state index in [1.54, 1.807) is 0 Å². The summed E-state index contributed by atoms with van der Waals surface area (Å²) in [5.74, 6) is 0. The number of benzene rings is 2. The Morgan fingerprint density at radius 2 is 1.53 bits per heavy atom. The minimum Gasteiger partial charge on any atom is -1.00 e. The zero-order valence-electron chi connectivity index (χ0n) is 8.08. The van der Waals surface area contributed by atoms with E-state index >= 15 is 0 Å². The number of halogens is 2. The molecular weight excluding hydrogens is 328 g/mol. The normalized spacial score (nSPS) is 8.60. The summed E-state index contributed by atoms with van der Waals surface area (Å²) in [6.45, 7) is 0. The SMILES string of the molecule is Brc1ccccc1-c1cc[c-]cc1.[Br-].[Mg+2]. The van der Waals surface area contributed by atoms with Crippen LogP contribution < -0.4 is 17.0 Å². The van der Waals surface area contributed by atoms with Crippen molar-refractivity contribution in [2.24, 2.45) is 0 Å². The Morgan fingerprint density at radius 1 is 0.933 bits per heavy atom. The van der Waals surface area contributed by atoms with Crippen molar-refractivity contribution in [3.8, 4) is 11.1 Å². The summed E-state index contributed by atoms with van der Waals surface area (Å²) < 4.78 is 1.13. The fraction of sp³-hybridized carbons (Fsp3) is 0. The molecule has 0 saturated carbocycles. The van der Waals surface area contributed by atoms with Crippen LogP contribution in [-0.4, -0.2) is 23.1 Å². The van der Waals surface area contributed by atoms with Crippen molar-refractivity contribution in [3.05, 3.63) is 59.1 Å². The molecule has 0 saturated heterocycles. The first-order valence-electron chi connectivity index (χ1n) is 4.09. The van der Waals surface area contributed by atoms with Crippen LogP contribution in [0, 0.1) is 6.07 Å². The van der Waals surface area contributed by atoms with Crippen molar-refractivity contribution in [1.29, 1.82) is 0 Å². The summed E-state index contributed by atoms with van der Waals surface area (Å²) in [5.41, 5.74) is 2.43. The zero-order valence-corrected chi connectivity index (χ0v) is 12.7. The summed E-state index contributed by atoms with van der Waals surface area (Å²) in [4.78, 5) is 0. The predicted octanol–water partition coefficient (Wildman–Crippen LogP) is 0.539. The van der Waals surface area contributed by atoms with E-state index in [0.29, 0.717) is 0 Å². The summed E-state index contributed by atoms with van der Waals surface area (Å²) >= 11 is 3.52. The van der Waals surface area contributed by atoms with Crippen LogP contribution in [-0.2, 0) is 0 Å². The number of hydrogen-bond donors (Lipinski definition) is 0. The minimum atomic E-state index is 0. The van der Waals surface area contributed by atoms with Crippen LogP contribution >= 0.6 is 15.9 Å². The Hall–Kier alpha value is 0.166. The average Bonchev–Trinajstić information content (AvgIpc) is 2.20. The van der Waals surface area contributed by atoms with Crippen molar-refractivity contribution < 1.29 is 17.0 Å². The van der Waals surface area contributed by atoms with Crippen molar-refractivity contribution in [3.63, 3.8) is 0 Å². The molecule has 0 N–H and O–H groups in total. The molecule has 0 nitrogen and oxygen atoms in total. The molecule has 0 fully saturated rings. The molecule has 0 aromatic heterocycles. The first kappa shape index (κ1) is 15.2. The van der Waals surface area contributed by atoms with Gasteiger partial charge in [0.25, 0.3) is 0 Å². The molecule has 0 aliphatic heterocycles. The first-order chi connectivity index (χ1) is 6.38. The Morgan fingerprint density at radius 3 is 2.13 bits per heavy atom. The summed E-state index contributed by atoms with van der Waals surface area (Å²) in [5, 5.41) is 0. The Labute approximate surface area is 125 Å². The van der Waals surface area contributed by atoms with E-state index < -0.39 is 0 Å². The predicted molar refractivity (Wildman–Crippen MR) is 64.2 cm³/mol. The average molecular weight is 336 g/mol. The minimum absolute atomic E-state index is 0. The van der Waals surface area contributed by atoms with E-state index in [-0.39, 0.29) is 40.0 Å². The number of rotatable bonds is 1. The van der Waals surface area contributed by atoms with Crippen LogP contribution in [0.1, 0.15) is 0 Å². The molecule has 15 heavy (non-hydrogen) atoms. The van der Waals surface area contributed by atoms with E-state index in [1.165, 1.54) is 11.1 Å². The van der Waals surface area contributed by atoms with Gasteiger partial charge in [-0.2, -0.15) is 30.3 Å². The Balaban J connectivity index is 0.000000980. The summed E-state index contributed by atoms with van der Waals surface area (Å²) in [7, 11) is 0. The molecule has 0 spiro atoms. The van der Waals surface area contributed by atoms with E-state index in [1.807, 2.05) is 30.3 Å². The van der Waals surface area contributed by atoms with Crippen LogP contribution in [0.5, 0.6) is 0 Å². The van der Waals surface area contributed by atoms with Gasteiger partial charge in [0, 0.05) is 4.47 Å². The molecule has 0 atom stereocenters. The fourth-order valence-electron chi connectivity index (χ4n) is 1.26. The van der Waals surface area contributed by atoms with Crippen molar-refractivity contribution in [1.82, 2.24) is 0 Å². The maximum absolute atomic E-state index is 3.52. The van der Waals surface area contributed by atoms with Gasteiger partial charge < -0.3 is 17.0 Å². The van der Waals surface area contributed by atoms with Crippen LogP contribution in [0.15, 0.2) is 53.0 Å². The maximum atomic E-state index is 3.52. The molecule has 2 rings (SSSR count). The van der Waals surface area contributed by atoms with Crippen LogP contribution in [0.3, 0.4) is 0 Å². The molecule has 3 heteroatoms. The molecule has 0 radical (unpaired) electrons. The van der Waals surface area contributed by atoms with Gasteiger partial charge in [0.1, 0.15) is 0 Å². The molecule has 2 aromatic rings. The quantitative estimate of drug-likeness (QED) is 0.527. The first-order valence-corrected chi connectivity index (χ1v) is 4.88. The fourth-order valence-corrected chi connectivity index (χ4v) is 1.78. The van der Waals surface area contributed by atoms with Gasteiger partial charge in [-0.15, -0.1) is 5.56 Å². The van der Waals surface area contributed by atoms with E-state index in [9.17, 15) is 0 Å². The maximum Gasteiger partial charge on any atom is 2.00 e. The molecule has 0 aliphatic rings. The number of hydrogen-bond acceptors (Lipinski definition) is 0. The van der Waals surface area contributed by atoms with Gasteiger partial charge in [-0.1, -0.05) is 34.1 Å². The van der Waals surface area contributed by atoms with Gasteiger partial charge in [0.15, 0.2) is 0 Å². The van der Waals surface area contributed by atoms with E-state index in [2.05, 4.69) is 40.2 Å². The molecule has 2 aromatic carbocycles. The van der Waals surface area contributed by atoms with Crippen molar-refractivity contribution in [2.75, 3.05) is 0 Å². The van der Waals surface area contributed by atoms with Gasteiger partial charge >= 0.3 is 23.1 Å². The van der Waals surface area contributed by atoms with Gasteiger partial charge in [0.05, 0.1) is 0 Å². The largest absolute Gasteiger partial charge is 2.00 e. The molecule has 0 unspecified atom stereocenters. The second-order valence-corrected chi connectivity index (χ2v) is 3.62. The third-order valence-corrected chi connectivity index (χ3v) is 2.59. The third-order valence-electron chi connectivity index (χ3n) is 1.90. The summed E-state index contributed by atoms with van der Waals surface area (Å²) in [6.07, 6.45) is 0. The zero-order chi connectivity index (χ0) is 9.10. The second kappa shape index (κ2) is 7.44. The van der Waals surface area contributed by atoms with Crippen molar-refractivity contribution in [2.45, 2.75) is 0 Å². The monoisotopic (exact) mass is 334 g/mol. The van der Waals surface area contributed by atoms with E-state index in [0.717, 1.165) is 4.47 Å². The molecule has 0 aliphatic carbocycles. The standard InChI is InChI=1S/C12H8Br.BrH.Mg/c13-12-9-5-4-8-11(12)10-6-2-1-3-7-10;;/h2-9H;1H;/q-1;;+2/p-1. The third kappa shape index (κ3) is 3.91. The topological polar surface area (TPSA) is 0 Å². The summed E-state index contributed by atoms with van der Waals surface area (Å²) in [6, 6.07) is 19.2. The van der Waals surface area contributed by atoms with Gasteiger partial charge in [0.2, 0.25) is 0 Å². The molecule has 0 bridgehead atoms. The van der Waals surface area contributed by atoms with Crippen molar-refractivity contribution >= 4 is 39.0 Å².